The van der Waals surface area contributed by atoms with Crippen LogP contribution in [-0.2, 0) is 11.3 Å². The van der Waals surface area contributed by atoms with E-state index in [1.165, 1.54) is 9.80 Å². The Kier molecular flexibility index (Phi) is 5.45. The molecule has 138 valence electrons. The number of carbonyl (C=O) groups excluding carboxylic acids is 1. The number of quaternary nitrogens is 2. The Balaban J connectivity index is 1.78. The van der Waals surface area contributed by atoms with Crippen molar-refractivity contribution in [1.82, 2.24) is 4.57 Å². The molecular formula is C19H27N5O2+2. The van der Waals surface area contributed by atoms with Gasteiger partial charge in [0.25, 0.3) is 5.91 Å². The summed E-state index contributed by atoms with van der Waals surface area (Å²) in [6.45, 7) is 8.95. The number of anilines is 1. The van der Waals surface area contributed by atoms with Crippen LogP contribution < -0.4 is 15.1 Å². The van der Waals surface area contributed by atoms with Gasteiger partial charge in [0.05, 0.1) is 25.4 Å². The van der Waals surface area contributed by atoms with Crippen molar-refractivity contribution in [1.29, 1.82) is 5.26 Å². The number of furan rings is 1. The summed E-state index contributed by atoms with van der Waals surface area (Å²) in [6.07, 6.45) is 1.63. The van der Waals surface area contributed by atoms with Gasteiger partial charge in [-0.1, -0.05) is 0 Å². The number of likely N-dealkylation sites (N-methyl/N-ethyl adjacent to an activating group) is 1. The van der Waals surface area contributed by atoms with Crippen LogP contribution in [0.1, 0.15) is 22.6 Å². The van der Waals surface area contributed by atoms with E-state index in [0.29, 0.717) is 24.5 Å². The van der Waals surface area contributed by atoms with E-state index in [0.717, 1.165) is 43.2 Å². The highest BCUT2D eigenvalue weighted by Crippen LogP contribution is 2.27. The number of rotatable bonds is 5. The third kappa shape index (κ3) is 3.82. The molecular weight excluding hydrogens is 330 g/mol. The zero-order chi connectivity index (χ0) is 18.7. The van der Waals surface area contributed by atoms with Gasteiger partial charge in [0.2, 0.25) is 0 Å². The minimum absolute atomic E-state index is 0.0470. The number of nitrogens with zero attached hydrogens (tertiary/aromatic N) is 2. The van der Waals surface area contributed by atoms with Crippen molar-refractivity contribution in [3.63, 3.8) is 0 Å². The Morgan fingerprint density at radius 1 is 1.35 bits per heavy atom. The molecule has 0 radical (unpaired) electrons. The molecule has 0 aromatic carbocycles. The van der Waals surface area contributed by atoms with Crippen LogP contribution >= 0.6 is 0 Å². The van der Waals surface area contributed by atoms with Crippen molar-refractivity contribution in [3.05, 3.63) is 41.0 Å². The summed E-state index contributed by atoms with van der Waals surface area (Å²) in [4.78, 5) is 15.4. The predicted octanol–water partition coefficient (Wildman–Crippen LogP) is -1.03. The zero-order valence-corrected chi connectivity index (χ0v) is 15.7. The lowest BCUT2D eigenvalue weighted by molar-refractivity contribution is -0.999. The number of nitriles is 1. The molecule has 1 saturated heterocycles. The van der Waals surface area contributed by atoms with E-state index < -0.39 is 0 Å². The maximum absolute atomic E-state index is 12.6. The number of hydrogen-bond donors (Lipinski definition) is 3. The first-order valence-corrected chi connectivity index (χ1v) is 9.06. The molecule has 7 heteroatoms. The number of carbonyl (C=O) groups is 1. The van der Waals surface area contributed by atoms with Crippen molar-refractivity contribution in [2.45, 2.75) is 20.4 Å². The van der Waals surface area contributed by atoms with E-state index in [9.17, 15) is 10.1 Å². The minimum Gasteiger partial charge on any atom is -0.467 e. The van der Waals surface area contributed by atoms with E-state index in [4.69, 9.17) is 4.42 Å². The fourth-order valence-corrected chi connectivity index (χ4v) is 3.50. The van der Waals surface area contributed by atoms with Crippen LogP contribution in [0.4, 0.5) is 5.82 Å². The minimum atomic E-state index is -0.0470. The molecule has 3 rings (SSSR count). The van der Waals surface area contributed by atoms with Crippen molar-refractivity contribution in [2.75, 3.05) is 45.1 Å². The molecule has 0 bridgehead atoms. The molecule has 0 unspecified atom stereocenters. The van der Waals surface area contributed by atoms with Crippen molar-refractivity contribution >= 4 is 11.7 Å². The van der Waals surface area contributed by atoms with Gasteiger partial charge < -0.3 is 24.1 Å². The van der Waals surface area contributed by atoms with Gasteiger partial charge in [-0.05, 0) is 31.5 Å². The van der Waals surface area contributed by atoms with Gasteiger partial charge >= 0.3 is 0 Å². The normalized spacial score (nSPS) is 19.9. The highest BCUT2D eigenvalue weighted by molar-refractivity contribution is 5.92. The van der Waals surface area contributed by atoms with E-state index in [-0.39, 0.29) is 5.91 Å². The molecule has 7 nitrogen and oxygen atoms in total. The predicted molar refractivity (Wildman–Crippen MR) is 97.2 cm³/mol. The highest BCUT2D eigenvalue weighted by Gasteiger charge is 2.25. The largest absolute Gasteiger partial charge is 0.467 e. The van der Waals surface area contributed by atoms with Crippen LogP contribution in [0.25, 0.3) is 0 Å². The van der Waals surface area contributed by atoms with Crippen molar-refractivity contribution in [2.24, 2.45) is 0 Å². The van der Waals surface area contributed by atoms with Crippen LogP contribution in [0.3, 0.4) is 0 Å². The number of hydrogen-bond acceptors (Lipinski definition) is 3. The Morgan fingerprint density at radius 3 is 2.69 bits per heavy atom. The average Bonchev–Trinajstić information content (AvgIpc) is 3.20. The van der Waals surface area contributed by atoms with Crippen molar-refractivity contribution in [3.8, 4) is 6.07 Å². The highest BCUT2D eigenvalue weighted by atomic mass is 16.3. The summed E-state index contributed by atoms with van der Waals surface area (Å²) in [7, 11) is 2.18. The lowest BCUT2D eigenvalue weighted by Gasteiger charge is -2.26. The van der Waals surface area contributed by atoms with Crippen LogP contribution in [0, 0.1) is 25.2 Å². The second-order valence-corrected chi connectivity index (χ2v) is 7.14. The fraction of sp³-hybridized carbons (Fsp3) is 0.474. The summed E-state index contributed by atoms with van der Waals surface area (Å²) in [5, 5.41) is 12.6. The Labute approximate surface area is 153 Å². The van der Waals surface area contributed by atoms with Gasteiger partial charge in [-0.15, -0.1) is 0 Å². The number of aromatic nitrogens is 1. The third-order valence-electron chi connectivity index (χ3n) is 5.31. The first-order chi connectivity index (χ1) is 12.5. The molecule has 2 aromatic heterocycles. The molecule has 0 atom stereocenters. The Morgan fingerprint density at radius 2 is 2.08 bits per heavy atom. The fourth-order valence-electron chi connectivity index (χ4n) is 3.50. The SMILES string of the molecule is Cc1c(C#N)c(NC(=O)C[NH+]2CC[NH+](C)CC2)n(Cc2ccco2)c1C. The van der Waals surface area contributed by atoms with Gasteiger partial charge in [0.1, 0.15) is 43.8 Å². The van der Waals surface area contributed by atoms with Gasteiger partial charge in [-0.3, -0.25) is 4.79 Å². The van der Waals surface area contributed by atoms with Crippen LogP contribution in [0.15, 0.2) is 22.8 Å². The molecule has 0 spiro atoms. The van der Waals surface area contributed by atoms with Crippen LogP contribution in [-0.4, -0.2) is 50.2 Å². The Hall–Kier alpha value is -2.56. The van der Waals surface area contributed by atoms with Gasteiger partial charge in [0.15, 0.2) is 6.54 Å². The molecule has 1 amide bonds. The second kappa shape index (κ2) is 7.77. The molecule has 0 aliphatic carbocycles. The van der Waals surface area contributed by atoms with Gasteiger partial charge in [-0.2, -0.15) is 5.26 Å². The molecule has 0 saturated carbocycles. The lowest BCUT2D eigenvalue weighted by Crippen LogP contribution is -3.27. The van der Waals surface area contributed by atoms with E-state index in [1.54, 1.807) is 6.26 Å². The van der Waals surface area contributed by atoms with Gasteiger partial charge in [0, 0.05) is 5.69 Å². The van der Waals surface area contributed by atoms with Gasteiger partial charge in [-0.25, -0.2) is 0 Å². The zero-order valence-electron chi connectivity index (χ0n) is 15.7. The van der Waals surface area contributed by atoms with Crippen LogP contribution in [0.5, 0.6) is 0 Å². The lowest BCUT2D eigenvalue weighted by atomic mass is 10.2. The molecule has 1 fully saturated rings. The standard InChI is InChI=1S/C19H25N5O2/c1-14-15(2)24(12-16-5-4-10-26-16)19(17(14)11-20)21-18(25)13-23-8-6-22(3)7-9-23/h4-5,10H,6-9,12-13H2,1-3H3,(H,21,25)/p+2. The molecule has 2 aromatic rings. The quantitative estimate of drug-likeness (QED) is 0.640. The maximum atomic E-state index is 12.6. The van der Waals surface area contributed by atoms with E-state index >= 15 is 0 Å². The topological polar surface area (TPSA) is 79.8 Å². The summed E-state index contributed by atoms with van der Waals surface area (Å²) in [5.41, 5.74) is 2.38. The monoisotopic (exact) mass is 357 g/mol. The summed E-state index contributed by atoms with van der Waals surface area (Å²) in [6, 6.07) is 5.97. The molecule has 3 N–H and O–H groups in total. The summed E-state index contributed by atoms with van der Waals surface area (Å²) >= 11 is 0. The molecule has 1 aliphatic heterocycles. The van der Waals surface area contributed by atoms with Crippen LogP contribution in [0.2, 0.25) is 0 Å². The molecule has 1 aliphatic rings. The van der Waals surface area contributed by atoms with E-state index in [1.807, 2.05) is 30.5 Å². The Bertz CT molecular complexity index is 808. The number of amides is 1. The smallest absolute Gasteiger partial charge is 0.280 e. The average molecular weight is 357 g/mol. The maximum Gasteiger partial charge on any atom is 0.280 e. The third-order valence-corrected chi connectivity index (χ3v) is 5.31. The van der Waals surface area contributed by atoms with Crippen molar-refractivity contribution < 1.29 is 19.0 Å². The first-order valence-electron chi connectivity index (χ1n) is 9.06. The summed E-state index contributed by atoms with van der Waals surface area (Å²) in [5.74, 6) is 1.31. The number of piperazine rings is 1. The van der Waals surface area contributed by atoms with E-state index in [2.05, 4.69) is 18.4 Å². The number of nitrogens with one attached hydrogen (secondary N) is 3. The first kappa shape index (κ1) is 18.2. The summed E-state index contributed by atoms with van der Waals surface area (Å²) < 4.78 is 7.40. The second-order valence-electron chi connectivity index (χ2n) is 7.14. The molecule has 26 heavy (non-hydrogen) atoms. The molecule has 3 heterocycles.